The molecule has 2 heterocycles. The molecule has 1 aromatic heterocycles. The van der Waals surface area contributed by atoms with Crippen molar-refractivity contribution in [3.8, 4) is 0 Å². The van der Waals surface area contributed by atoms with Crippen LogP contribution in [0.15, 0.2) is 36.4 Å². The van der Waals surface area contributed by atoms with Crippen LogP contribution >= 0.6 is 0 Å². The highest BCUT2D eigenvalue weighted by Crippen LogP contribution is 2.25. The Morgan fingerprint density at radius 2 is 1.96 bits per heavy atom. The van der Waals surface area contributed by atoms with E-state index in [1.165, 1.54) is 12.1 Å². The summed E-state index contributed by atoms with van der Waals surface area (Å²) in [6.07, 6.45) is 0.864. The fraction of sp³-hybridized carbons (Fsp3) is 0.421. The van der Waals surface area contributed by atoms with Gasteiger partial charge in [0, 0.05) is 37.9 Å². The first-order valence-electron chi connectivity index (χ1n) is 8.34. The molecule has 1 aliphatic rings. The number of halogens is 1. The molecule has 4 nitrogen and oxygen atoms in total. The molecule has 0 fully saturated rings. The average molecular weight is 329 g/mol. The van der Waals surface area contributed by atoms with Crippen LogP contribution in [0, 0.1) is 12.7 Å². The lowest BCUT2D eigenvalue weighted by molar-refractivity contribution is 0.205. The van der Waals surface area contributed by atoms with Gasteiger partial charge in [0.05, 0.1) is 12.6 Å². The van der Waals surface area contributed by atoms with E-state index >= 15 is 0 Å². The minimum atomic E-state index is -0.210. The molecule has 2 aromatic rings. The highest BCUT2D eigenvalue weighted by molar-refractivity contribution is 5.48. The summed E-state index contributed by atoms with van der Waals surface area (Å²) < 4.78 is 13.1. The SMILES string of the molecule is Cc1ccc2c(n1)N(C)C(CO)CCN(Cc1ccc(F)cc1)C2. The number of aromatic nitrogens is 1. The first-order chi connectivity index (χ1) is 11.6. The molecule has 3 rings (SSSR count). The third-order valence-corrected chi connectivity index (χ3v) is 4.68. The summed E-state index contributed by atoms with van der Waals surface area (Å²) in [5.74, 6) is 0.733. The number of aliphatic hydroxyl groups is 1. The van der Waals surface area contributed by atoms with Crippen LogP contribution in [0.2, 0.25) is 0 Å². The van der Waals surface area contributed by atoms with Gasteiger partial charge in [-0.25, -0.2) is 9.37 Å². The standard InChI is InChI=1S/C19H24FN3O/c1-14-3-6-16-12-23(11-15-4-7-17(20)8-5-15)10-9-18(13-24)22(2)19(16)21-14/h3-8,18,24H,9-13H2,1-2H3. The van der Waals surface area contributed by atoms with Crippen molar-refractivity contribution in [1.29, 1.82) is 0 Å². The number of nitrogens with zero attached hydrogens (tertiary/aromatic N) is 3. The third kappa shape index (κ3) is 3.74. The van der Waals surface area contributed by atoms with Gasteiger partial charge in [-0.1, -0.05) is 18.2 Å². The molecule has 1 atom stereocenters. The van der Waals surface area contributed by atoms with Crippen LogP contribution in [-0.2, 0) is 13.1 Å². The summed E-state index contributed by atoms with van der Waals surface area (Å²) >= 11 is 0. The Bertz CT molecular complexity index is 690. The number of fused-ring (bicyclic) bond motifs is 1. The van der Waals surface area contributed by atoms with Crippen LogP contribution in [0.4, 0.5) is 10.2 Å². The van der Waals surface area contributed by atoms with Gasteiger partial charge in [0.2, 0.25) is 0 Å². The van der Waals surface area contributed by atoms with Gasteiger partial charge in [0.25, 0.3) is 0 Å². The van der Waals surface area contributed by atoms with Gasteiger partial charge in [-0.05, 0) is 37.1 Å². The largest absolute Gasteiger partial charge is 0.394 e. The molecule has 128 valence electrons. The normalized spacial score (nSPS) is 18.8. The molecule has 1 N–H and O–H groups in total. The number of hydrogen-bond acceptors (Lipinski definition) is 4. The van der Waals surface area contributed by atoms with Crippen LogP contribution in [0.5, 0.6) is 0 Å². The first kappa shape index (κ1) is 16.9. The van der Waals surface area contributed by atoms with Crippen molar-refractivity contribution in [3.05, 3.63) is 59.0 Å². The maximum atomic E-state index is 13.1. The zero-order chi connectivity index (χ0) is 17.1. The highest BCUT2D eigenvalue weighted by atomic mass is 19.1. The van der Waals surface area contributed by atoms with Crippen molar-refractivity contribution in [3.63, 3.8) is 0 Å². The topological polar surface area (TPSA) is 39.6 Å². The number of aryl methyl sites for hydroxylation is 1. The maximum absolute atomic E-state index is 13.1. The molecule has 0 amide bonds. The molecule has 0 spiro atoms. The van der Waals surface area contributed by atoms with Crippen molar-refractivity contribution in [1.82, 2.24) is 9.88 Å². The maximum Gasteiger partial charge on any atom is 0.133 e. The van der Waals surface area contributed by atoms with Gasteiger partial charge in [0.1, 0.15) is 11.6 Å². The molecule has 0 saturated heterocycles. The molecule has 0 radical (unpaired) electrons. The van der Waals surface area contributed by atoms with E-state index < -0.39 is 0 Å². The number of pyridine rings is 1. The fourth-order valence-corrected chi connectivity index (χ4v) is 3.22. The van der Waals surface area contributed by atoms with Gasteiger partial charge < -0.3 is 10.0 Å². The average Bonchev–Trinajstić information content (AvgIpc) is 2.57. The first-order valence-corrected chi connectivity index (χ1v) is 8.34. The lowest BCUT2D eigenvalue weighted by Crippen LogP contribution is -2.41. The summed E-state index contributed by atoms with van der Waals surface area (Å²) in [6.45, 7) is 4.52. The van der Waals surface area contributed by atoms with Gasteiger partial charge in [-0.2, -0.15) is 0 Å². The highest BCUT2D eigenvalue weighted by Gasteiger charge is 2.24. The van der Waals surface area contributed by atoms with E-state index in [0.717, 1.165) is 48.7 Å². The monoisotopic (exact) mass is 329 g/mol. The Hall–Kier alpha value is -1.98. The molecule has 0 bridgehead atoms. The van der Waals surface area contributed by atoms with Gasteiger partial charge in [0.15, 0.2) is 0 Å². The minimum absolute atomic E-state index is 0.0501. The smallest absolute Gasteiger partial charge is 0.133 e. The van der Waals surface area contributed by atoms with Gasteiger partial charge in [-0.3, -0.25) is 4.90 Å². The van der Waals surface area contributed by atoms with Crippen LogP contribution in [0.3, 0.4) is 0 Å². The number of hydrogen-bond donors (Lipinski definition) is 1. The van der Waals surface area contributed by atoms with Gasteiger partial charge >= 0.3 is 0 Å². The lowest BCUT2D eigenvalue weighted by atomic mass is 10.1. The van der Waals surface area contributed by atoms with Crippen molar-refractivity contribution >= 4 is 5.82 Å². The summed E-state index contributed by atoms with van der Waals surface area (Å²) in [6, 6.07) is 10.9. The Balaban J connectivity index is 1.86. The van der Waals surface area contributed by atoms with E-state index in [9.17, 15) is 9.50 Å². The van der Waals surface area contributed by atoms with Crippen LogP contribution in [0.1, 0.15) is 23.2 Å². The predicted molar refractivity (Wildman–Crippen MR) is 93.4 cm³/mol. The molecule has 24 heavy (non-hydrogen) atoms. The second-order valence-electron chi connectivity index (χ2n) is 6.51. The Kier molecular flexibility index (Phi) is 5.11. The molecular weight excluding hydrogens is 305 g/mol. The number of benzene rings is 1. The van der Waals surface area contributed by atoms with Gasteiger partial charge in [-0.15, -0.1) is 0 Å². The van der Waals surface area contributed by atoms with Crippen molar-refractivity contribution in [2.24, 2.45) is 0 Å². The summed E-state index contributed by atoms with van der Waals surface area (Å²) in [5.41, 5.74) is 3.22. The third-order valence-electron chi connectivity index (χ3n) is 4.68. The fourth-order valence-electron chi connectivity index (χ4n) is 3.22. The zero-order valence-corrected chi connectivity index (χ0v) is 14.2. The molecule has 1 unspecified atom stereocenters. The number of aliphatic hydroxyl groups excluding tert-OH is 1. The summed E-state index contributed by atoms with van der Waals surface area (Å²) in [5, 5.41) is 9.75. The summed E-state index contributed by atoms with van der Waals surface area (Å²) in [7, 11) is 2.00. The number of anilines is 1. The van der Waals surface area contributed by atoms with E-state index in [-0.39, 0.29) is 18.5 Å². The Labute approximate surface area is 142 Å². The van der Waals surface area contributed by atoms with Crippen LogP contribution < -0.4 is 4.90 Å². The second-order valence-corrected chi connectivity index (χ2v) is 6.51. The Morgan fingerprint density at radius 1 is 1.21 bits per heavy atom. The molecular formula is C19H24FN3O. The van der Waals surface area contributed by atoms with E-state index in [4.69, 9.17) is 0 Å². The number of rotatable bonds is 3. The van der Waals surface area contributed by atoms with Crippen LogP contribution in [0.25, 0.3) is 0 Å². The van der Waals surface area contributed by atoms with Crippen molar-refractivity contribution < 1.29 is 9.50 Å². The van der Waals surface area contributed by atoms with E-state index in [0.29, 0.717) is 0 Å². The predicted octanol–water partition coefficient (Wildman–Crippen LogP) is 2.73. The quantitative estimate of drug-likeness (QED) is 0.940. The van der Waals surface area contributed by atoms with Crippen LogP contribution in [-0.4, -0.2) is 41.2 Å². The van der Waals surface area contributed by atoms with E-state index in [1.54, 1.807) is 0 Å². The molecule has 0 aliphatic carbocycles. The summed E-state index contributed by atoms with van der Waals surface area (Å²) in [4.78, 5) is 9.11. The lowest BCUT2D eigenvalue weighted by Gasteiger charge is -2.35. The molecule has 0 saturated carbocycles. The number of likely N-dealkylation sites (N-methyl/N-ethyl adjacent to an activating group) is 1. The van der Waals surface area contributed by atoms with Crippen molar-refractivity contribution in [2.45, 2.75) is 32.5 Å². The van der Waals surface area contributed by atoms with E-state index in [1.807, 2.05) is 32.2 Å². The molecule has 1 aromatic carbocycles. The Morgan fingerprint density at radius 3 is 2.67 bits per heavy atom. The minimum Gasteiger partial charge on any atom is -0.394 e. The van der Waals surface area contributed by atoms with Crippen molar-refractivity contribution in [2.75, 3.05) is 25.1 Å². The molecule has 5 heteroatoms. The zero-order valence-electron chi connectivity index (χ0n) is 14.2. The molecule has 1 aliphatic heterocycles. The van der Waals surface area contributed by atoms with E-state index in [2.05, 4.69) is 20.9 Å². The second kappa shape index (κ2) is 7.28.